The first-order valence-electron chi connectivity index (χ1n) is 11.0. The number of nitrogens with one attached hydrogen (secondary N) is 3. The fourth-order valence-electron chi connectivity index (χ4n) is 3.88. The van der Waals surface area contributed by atoms with Gasteiger partial charge in [0.2, 0.25) is 0 Å². The Morgan fingerprint density at radius 1 is 1.25 bits per heavy atom. The number of rotatable bonds is 5. The van der Waals surface area contributed by atoms with Crippen molar-refractivity contribution in [1.29, 1.82) is 0 Å². The van der Waals surface area contributed by atoms with Crippen LogP contribution in [0.4, 0.5) is 5.69 Å². The summed E-state index contributed by atoms with van der Waals surface area (Å²) in [5, 5.41) is 7.29. The molecule has 2 aromatic heterocycles. The first-order chi connectivity index (χ1) is 15.6. The molecule has 1 aliphatic heterocycles. The van der Waals surface area contributed by atoms with Crippen LogP contribution in [0, 0.1) is 11.8 Å². The second-order valence-corrected chi connectivity index (χ2v) is 7.88. The Kier molecular flexibility index (Phi) is 6.83. The molecule has 3 N–H and O–H groups in total. The smallest absolute Gasteiger partial charge is 0.260 e. The van der Waals surface area contributed by atoms with E-state index in [4.69, 9.17) is 0 Å². The number of carbonyl (C=O) groups excluding carboxylic acids is 1. The molecule has 0 spiro atoms. The molecule has 1 saturated heterocycles. The molecule has 32 heavy (non-hydrogen) atoms. The van der Waals surface area contributed by atoms with E-state index in [2.05, 4.69) is 50.3 Å². The number of anilines is 1. The number of aromatic nitrogens is 2. The van der Waals surface area contributed by atoms with E-state index in [1.54, 1.807) is 6.07 Å². The minimum absolute atomic E-state index is 0.0754. The third-order valence-electron chi connectivity index (χ3n) is 5.72. The molecule has 0 radical (unpaired) electrons. The monoisotopic (exact) mass is 429 g/mol. The summed E-state index contributed by atoms with van der Waals surface area (Å²) in [4.78, 5) is 33.3. The maximum atomic E-state index is 12.1. The van der Waals surface area contributed by atoms with E-state index in [0.717, 1.165) is 54.6 Å². The van der Waals surface area contributed by atoms with Crippen LogP contribution in [0.2, 0.25) is 0 Å². The summed E-state index contributed by atoms with van der Waals surface area (Å²) in [7, 11) is 0. The van der Waals surface area contributed by atoms with Crippen LogP contribution in [0.3, 0.4) is 0 Å². The van der Waals surface area contributed by atoms with Gasteiger partial charge in [-0.25, -0.2) is 0 Å². The molecule has 7 nitrogen and oxygen atoms in total. The Morgan fingerprint density at radius 2 is 2.09 bits per heavy atom. The lowest BCUT2D eigenvalue weighted by Gasteiger charge is -2.31. The van der Waals surface area contributed by atoms with Gasteiger partial charge in [-0.1, -0.05) is 18.8 Å². The Bertz CT molecular complexity index is 1220. The molecule has 7 heteroatoms. The highest BCUT2D eigenvalue weighted by molar-refractivity contribution is 5.93. The first kappa shape index (κ1) is 21.6. The lowest BCUT2D eigenvalue weighted by Crippen LogP contribution is -2.38. The highest BCUT2D eigenvalue weighted by Gasteiger charge is 2.17. The van der Waals surface area contributed by atoms with Crippen LogP contribution in [0.5, 0.6) is 0 Å². The zero-order valence-corrected chi connectivity index (χ0v) is 18.1. The zero-order valence-electron chi connectivity index (χ0n) is 18.1. The minimum Gasteiger partial charge on any atom is -0.381 e. The van der Waals surface area contributed by atoms with Gasteiger partial charge in [-0.05, 0) is 55.8 Å². The topological polar surface area (TPSA) is 90.1 Å². The molecule has 3 heterocycles. The maximum absolute atomic E-state index is 12.1. The number of pyridine rings is 2. The van der Waals surface area contributed by atoms with Gasteiger partial charge in [0.15, 0.2) is 0 Å². The summed E-state index contributed by atoms with van der Waals surface area (Å²) in [5.74, 6) is 5.57. The van der Waals surface area contributed by atoms with Crippen molar-refractivity contribution in [3.8, 4) is 11.8 Å². The predicted molar refractivity (Wildman–Crippen MR) is 127 cm³/mol. The Balaban J connectivity index is 1.38. The van der Waals surface area contributed by atoms with E-state index in [1.807, 2.05) is 24.4 Å². The summed E-state index contributed by atoms with van der Waals surface area (Å²) < 4.78 is 0. The van der Waals surface area contributed by atoms with Gasteiger partial charge in [0, 0.05) is 36.3 Å². The molecule has 0 aliphatic carbocycles. The molecular weight excluding hydrogens is 402 g/mol. The third-order valence-corrected chi connectivity index (χ3v) is 5.72. The average Bonchev–Trinajstić information content (AvgIpc) is 2.82. The molecular formula is C25H27N5O2. The molecule has 0 atom stereocenters. The van der Waals surface area contributed by atoms with Crippen molar-refractivity contribution in [2.75, 3.05) is 31.5 Å². The lowest BCUT2D eigenvalue weighted by atomic mass is 10.0. The number of hydrogen-bond acceptors (Lipinski definition) is 5. The van der Waals surface area contributed by atoms with Crippen LogP contribution in [-0.4, -0.2) is 53.0 Å². The fraction of sp³-hybridized carbons (Fsp3) is 0.320. The van der Waals surface area contributed by atoms with Crippen LogP contribution in [0.15, 0.2) is 53.6 Å². The largest absolute Gasteiger partial charge is 0.381 e. The Morgan fingerprint density at radius 3 is 2.88 bits per heavy atom. The van der Waals surface area contributed by atoms with Gasteiger partial charge < -0.3 is 20.5 Å². The minimum atomic E-state index is -0.440. The van der Waals surface area contributed by atoms with Crippen LogP contribution in [-0.2, 0) is 0 Å². The quantitative estimate of drug-likeness (QED) is 0.543. The molecule has 0 saturated carbocycles. The number of likely N-dealkylation sites (tertiary alicyclic amines) is 1. The van der Waals surface area contributed by atoms with Crippen LogP contribution >= 0.6 is 0 Å². The van der Waals surface area contributed by atoms with Crippen LogP contribution < -0.4 is 16.2 Å². The molecule has 0 unspecified atom stereocenters. The molecule has 1 amide bonds. The SMILES string of the molecule is CCN1CCC(Nc2cnc3ccc(C#CCNC(=O)c4ccc[nH]c4=O)cc3c2)CC1. The summed E-state index contributed by atoms with van der Waals surface area (Å²) in [6.07, 6.45) is 5.65. The van der Waals surface area contributed by atoms with Gasteiger partial charge in [0.1, 0.15) is 5.56 Å². The predicted octanol–water partition coefficient (Wildman–Crippen LogP) is 2.60. The van der Waals surface area contributed by atoms with E-state index < -0.39 is 11.5 Å². The van der Waals surface area contributed by atoms with Gasteiger partial charge in [-0.15, -0.1) is 0 Å². The Hall–Kier alpha value is -3.63. The van der Waals surface area contributed by atoms with Gasteiger partial charge in [0.05, 0.1) is 23.9 Å². The fourth-order valence-corrected chi connectivity index (χ4v) is 3.88. The zero-order chi connectivity index (χ0) is 22.3. The van der Waals surface area contributed by atoms with Crippen molar-refractivity contribution in [2.45, 2.75) is 25.8 Å². The number of aromatic amines is 1. The highest BCUT2D eigenvalue weighted by Crippen LogP contribution is 2.21. The van der Waals surface area contributed by atoms with E-state index in [0.29, 0.717) is 6.04 Å². The lowest BCUT2D eigenvalue weighted by molar-refractivity contribution is 0.0957. The van der Waals surface area contributed by atoms with Crippen molar-refractivity contribution in [1.82, 2.24) is 20.2 Å². The van der Waals surface area contributed by atoms with Gasteiger partial charge in [0.25, 0.3) is 11.5 Å². The number of nitrogens with zero attached hydrogens (tertiary/aromatic N) is 2. The third kappa shape index (κ3) is 5.34. The van der Waals surface area contributed by atoms with Gasteiger partial charge in [-0.3, -0.25) is 14.6 Å². The number of hydrogen-bond donors (Lipinski definition) is 3. The number of carbonyl (C=O) groups is 1. The van der Waals surface area contributed by atoms with E-state index in [9.17, 15) is 9.59 Å². The molecule has 164 valence electrons. The second-order valence-electron chi connectivity index (χ2n) is 7.88. The standard InChI is InChI=1S/C25H27N5O2/c1-2-30-13-9-20(10-14-30)29-21-16-19-15-18(7-8-23(19)28-17-21)5-3-11-26-24(31)22-6-4-12-27-25(22)32/h4,6-8,12,15-17,20,29H,2,9-11,13-14H2,1H3,(H,26,31)(H,27,32). The molecule has 0 bridgehead atoms. The number of fused-ring (bicyclic) bond motifs is 1. The molecule has 4 rings (SSSR count). The summed E-state index contributed by atoms with van der Waals surface area (Å²) in [5.41, 5.74) is 2.45. The average molecular weight is 430 g/mol. The second kappa shape index (κ2) is 10.1. The number of amides is 1. The number of piperidine rings is 1. The van der Waals surface area contributed by atoms with Crippen molar-refractivity contribution in [3.63, 3.8) is 0 Å². The van der Waals surface area contributed by atoms with Crippen molar-refractivity contribution in [3.05, 3.63) is 70.3 Å². The molecule has 1 fully saturated rings. The summed E-state index contributed by atoms with van der Waals surface area (Å²) in [6.45, 7) is 5.73. The van der Waals surface area contributed by atoms with Crippen molar-refractivity contribution in [2.24, 2.45) is 0 Å². The Labute approximate surface area is 187 Å². The maximum Gasteiger partial charge on any atom is 0.260 e. The van der Waals surface area contributed by atoms with E-state index in [1.165, 1.54) is 12.3 Å². The van der Waals surface area contributed by atoms with E-state index in [-0.39, 0.29) is 12.1 Å². The normalized spacial score (nSPS) is 14.5. The first-order valence-corrected chi connectivity index (χ1v) is 11.0. The summed E-state index contributed by atoms with van der Waals surface area (Å²) >= 11 is 0. The molecule has 3 aromatic rings. The number of H-pyrrole nitrogens is 1. The van der Waals surface area contributed by atoms with E-state index >= 15 is 0 Å². The van der Waals surface area contributed by atoms with Crippen LogP contribution in [0.25, 0.3) is 10.9 Å². The van der Waals surface area contributed by atoms with Crippen molar-refractivity contribution >= 4 is 22.5 Å². The molecule has 1 aromatic carbocycles. The number of benzene rings is 1. The molecule has 1 aliphatic rings. The van der Waals surface area contributed by atoms with Crippen LogP contribution in [0.1, 0.15) is 35.7 Å². The van der Waals surface area contributed by atoms with Crippen molar-refractivity contribution < 1.29 is 4.79 Å². The van der Waals surface area contributed by atoms with Gasteiger partial charge >= 0.3 is 0 Å². The summed E-state index contributed by atoms with van der Waals surface area (Å²) in [6, 6.07) is 11.6. The highest BCUT2D eigenvalue weighted by atomic mass is 16.2. The van der Waals surface area contributed by atoms with Gasteiger partial charge in [-0.2, -0.15) is 0 Å².